The summed E-state index contributed by atoms with van der Waals surface area (Å²) < 4.78 is 16.0. The Morgan fingerprint density at radius 2 is 1.86 bits per heavy atom. The zero-order valence-corrected chi connectivity index (χ0v) is 17.2. The number of amides is 2. The van der Waals surface area contributed by atoms with Gasteiger partial charge >= 0.3 is 5.97 Å². The summed E-state index contributed by atoms with van der Waals surface area (Å²) in [5.74, 6) is -1.01. The average molecular weight is 400 g/mol. The van der Waals surface area contributed by atoms with Crippen molar-refractivity contribution in [1.29, 1.82) is 0 Å². The molecule has 2 heterocycles. The molecule has 2 amide bonds. The largest absolute Gasteiger partial charge is 0.467 e. The fraction of sp³-hybridized carbons (Fsp3) is 0.842. The number of hydrogen-bond donors (Lipinski definition) is 2. The van der Waals surface area contributed by atoms with Crippen LogP contribution in [0.25, 0.3) is 0 Å². The molecule has 0 radical (unpaired) electrons. The molecule has 2 N–H and O–H groups in total. The van der Waals surface area contributed by atoms with Gasteiger partial charge in [-0.2, -0.15) is 0 Å². The Morgan fingerprint density at radius 3 is 2.39 bits per heavy atom. The minimum absolute atomic E-state index is 0.0566. The van der Waals surface area contributed by atoms with Crippen molar-refractivity contribution in [3.8, 4) is 0 Å². The van der Waals surface area contributed by atoms with Crippen LogP contribution < -0.4 is 5.32 Å². The topological polar surface area (TPSA) is 114 Å². The number of carbonyl (C=O) groups excluding carboxylic acids is 3. The van der Waals surface area contributed by atoms with Crippen molar-refractivity contribution in [1.82, 2.24) is 10.2 Å². The number of aliphatic hydroxyl groups is 1. The van der Waals surface area contributed by atoms with Crippen LogP contribution in [0.3, 0.4) is 0 Å². The molecule has 0 saturated carbocycles. The van der Waals surface area contributed by atoms with Gasteiger partial charge in [0.2, 0.25) is 0 Å². The van der Waals surface area contributed by atoms with Gasteiger partial charge in [-0.05, 0) is 24.7 Å². The third-order valence-corrected chi connectivity index (χ3v) is 4.87. The number of aliphatic hydroxyl groups excluding tert-OH is 1. The van der Waals surface area contributed by atoms with Crippen LogP contribution in [0.5, 0.6) is 0 Å². The van der Waals surface area contributed by atoms with Gasteiger partial charge in [0.1, 0.15) is 6.04 Å². The monoisotopic (exact) mass is 400 g/mol. The SMILES string of the molecule is COC(=O)[C@H](CC(C)C)N1C[C@@H]2O[C@H](C1=O)[C@H](C(=O)N[C@H](CO)CC(C)C)O2. The van der Waals surface area contributed by atoms with Crippen LogP contribution in [0.2, 0.25) is 0 Å². The number of methoxy groups -OCH3 is 1. The first-order chi connectivity index (χ1) is 13.2. The van der Waals surface area contributed by atoms with Crippen molar-refractivity contribution in [2.24, 2.45) is 11.8 Å². The molecule has 2 bridgehead atoms. The van der Waals surface area contributed by atoms with E-state index in [9.17, 15) is 19.5 Å². The van der Waals surface area contributed by atoms with Crippen molar-refractivity contribution < 1.29 is 33.7 Å². The Balaban J connectivity index is 2.11. The molecule has 2 aliphatic rings. The zero-order chi connectivity index (χ0) is 21.0. The predicted octanol–water partition coefficient (Wildman–Crippen LogP) is 0.0496. The van der Waals surface area contributed by atoms with E-state index in [0.717, 1.165) is 0 Å². The molecular weight excluding hydrogens is 368 g/mol. The van der Waals surface area contributed by atoms with Crippen LogP contribution in [0, 0.1) is 11.8 Å². The maximum atomic E-state index is 13.0. The normalized spacial score (nSPS) is 26.5. The number of hydrogen-bond acceptors (Lipinski definition) is 7. The quantitative estimate of drug-likeness (QED) is 0.526. The number of esters is 1. The smallest absolute Gasteiger partial charge is 0.328 e. The minimum atomic E-state index is -1.11. The highest BCUT2D eigenvalue weighted by molar-refractivity contribution is 5.94. The molecule has 9 nitrogen and oxygen atoms in total. The van der Waals surface area contributed by atoms with E-state index in [4.69, 9.17) is 14.2 Å². The highest BCUT2D eigenvalue weighted by Gasteiger charge is 2.53. The first-order valence-corrected chi connectivity index (χ1v) is 9.78. The number of carbonyl (C=O) groups is 3. The minimum Gasteiger partial charge on any atom is -0.467 e. The summed E-state index contributed by atoms with van der Waals surface area (Å²) in [6.07, 6.45) is -1.97. The molecule has 0 aromatic rings. The van der Waals surface area contributed by atoms with Crippen LogP contribution in [0.1, 0.15) is 40.5 Å². The molecule has 2 saturated heterocycles. The van der Waals surface area contributed by atoms with Crippen LogP contribution in [0.15, 0.2) is 0 Å². The van der Waals surface area contributed by atoms with Crippen molar-refractivity contribution in [2.75, 3.05) is 20.3 Å². The lowest BCUT2D eigenvalue weighted by Gasteiger charge is -2.36. The number of morpholine rings is 1. The molecule has 2 rings (SSSR count). The van der Waals surface area contributed by atoms with Crippen molar-refractivity contribution >= 4 is 17.8 Å². The molecule has 9 heteroatoms. The van der Waals surface area contributed by atoms with Crippen molar-refractivity contribution in [3.05, 3.63) is 0 Å². The number of rotatable bonds is 9. The lowest BCUT2D eigenvalue weighted by molar-refractivity contribution is -0.174. The summed E-state index contributed by atoms with van der Waals surface area (Å²) in [5.41, 5.74) is 0. The predicted molar refractivity (Wildman–Crippen MR) is 99.0 cm³/mol. The van der Waals surface area contributed by atoms with Crippen LogP contribution in [-0.2, 0) is 28.6 Å². The van der Waals surface area contributed by atoms with Crippen LogP contribution in [0.4, 0.5) is 0 Å². The lowest BCUT2D eigenvalue weighted by atomic mass is 10.0. The molecule has 160 valence electrons. The van der Waals surface area contributed by atoms with E-state index in [1.54, 1.807) is 0 Å². The van der Waals surface area contributed by atoms with Gasteiger partial charge in [-0.25, -0.2) is 4.79 Å². The molecule has 0 spiro atoms. The molecule has 2 fully saturated rings. The standard InChI is InChI=1S/C19H32N2O7/c1-10(2)6-12(9-22)20-17(23)15-16-18(24)21(8-14(27-15)28-16)13(7-11(3)4)19(25)26-5/h10-16,22H,6-9H2,1-5H3,(H,20,23)/t12-,13-,14-,15+,16-/m0/s1. The van der Waals surface area contributed by atoms with E-state index < -0.39 is 48.4 Å². The highest BCUT2D eigenvalue weighted by Crippen LogP contribution is 2.30. The molecule has 0 aliphatic carbocycles. The fourth-order valence-corrected chi connectivity index (χ4v) is 3.63. The van der Waals surface area contributed by atoms with Crippen LogP contribution >= 0.6 is 0 Å². The fourth-order valence-electron chi connectivity index (χ4n) is 3.63. The maximum absolute atomic E-state index is 13.0. The Labute approximate surface area is 165 Å². The Kier molecular flexibility index (Phi) is 7.79. The molecule has 28 heavy (non-hydrogen) atoms. The average Bonchev–Trinajstić information content (AvgIpc) is 3.00. The molecule has 0 aromatic carbocycles. The second kappa shape index (κ2) is 9.67. The molecule has 0 unspecified atom stereocenters. The summed E-state index contributed by atoms with van der Waals surface area (Å²) in [5, 5.41) is 12.2. The van der Waals surface area contributed by atoms with Gasteiger partial charge in [-0.1, -0.05) is 27.7 Å². The van der Waals surface area contributed by atoms with Gasteiger partial charge in [0.05, 0.1) is 26.3 Å². The van der Waals surface area contributed by atoms with Crippen molar-refractivity contribution in [3.63, 3.8) is 0 Å². The second-order valence-corrected chi connectivity index (χ2v) is 8.22. The van der Waals surface area contributed by atoms with Gasteiger partial charge in [0.25, 0.3) is 11.8 Å². The molecular formula is C19H32N2O7. The molecule has 0 aromatic heterocycles. The Hall–Kier alpha value is -1.71. The van der Waals surface area contributed by atoms with Crippen LogP contribution in [-0.4, -0.2) is 78.6 Å². The van der Waals surface area contributed by atoms with Gasteiger partial charge in [-0.15, -0.1) is 0 Å². The van der Waals surface area contributed by atoms with E-state index in [2.05, 4.69) is 5.32 Å². The summed E-state index contributed by atoms with van der Waals surface area (Å²) in [6.45, 7) is 7.73. The Morgan fingerprint density at radius 1 is 1.21 bits per heavy atom. The lowest BCUT2D eigenvalue weighted by Crippen LogP contribution is -2.57. The van der Waals surface area contributed by atoms with Crippen molar-refractivity contribution in [2.45, 2.75) is 71.1 Å². The second-order valence-electron chi connectivity index (χ2n) is 8.22. The zero-order valence-electron chi connectivity index (χ0n) is 17.2. The number of nitrogens with one attached hydrogen (secondary N) is 1. The van der Waals surface area contributed by atoms with Gasteiger partial charge in [0, 0.05) is 0 Å². The molecule has 2 aliphatic heterocycles. The van der Waals surface area contributed by atoms with Gasteiger partial charge < -0.3 is 29.5 Å². The Bertz CT molecular complexity index is 581. The summed E-state index contributed by atoms with van der Waals surface area (Å²) >= 11 is 0. The van der Waals surface area contributed by atoms with E-state index in [1.165, 1.54) is 12.0 Å². The third kappa shape index (κ3) is 5.21. The number of fused-ring (bicyclic) bond motifs is 2. The van der Waals surface area contributed by atoms with E-state index in [0.29, 0.717) is 12.8 Å². The van der Waals surface area contributed by atoms with Gasteiger partial charge in [0.15, 0.2) is 18.5 Å². The number of nitrogens with zero attached hydrogens (tertiary/aromatic N) is 1. The maximum Gasteiger partial charge on any atom is 0.328 e. The number of ether oxygens (including phenoxy) is 3. The first-order valence-electron chi connectivity index (χ1n) is 9.78. The summed E-state index contributed by atoms with van der Waals surface area (Å²) in [4.78, 5) is 39.2. The summed E-state index contributed by atoms with van der Waals surface area (Å²) in [7, 11) is 1.28. The molecule has 5 atom stereocenters. The van der Waals surface area contributed by atoms with Gasteiger partial charge in [-0.3, -0.25) is 9.59 Å². The highest BCUT2D eigenvalue weighted by atomic mass is 16.7. The van der Waals surface area contributed by atoms with E-state index in [-0.39, 0.29) is 25.0 Å². The third-order valence-electron chi connectivity index (χ3n) is 4.87. The summed E-state index contributed by atoms with van der Waals surface area (Å²) in [6, 6.07) is -1.17. The van der Waals surface area contributed by atoms with E-state index >= 15 is 0 Å². The first kappa shape index (κ1) is 22.6. The van der Waals surface area contributed by atoms with E-state index in [1.807, 2.05) is 27.7 Å².